The Balaban J connectivity index is 0.00000264. The van der Waals surface area contributed by atoms with Crippen molar-refractivity contribution in [2.45, 2.75) is 37.5 Å². The monoisotopic (exact) mass is 342 g/mol. The van der Waals surface area contributed by atoms with E-state index in [9.17, 15) is 9.18 Å². The topological polar surface area (TPSA) is 78.3 Å². The molecule has 1 saturated carbocycles. The van der Waals surface area contributed by atoms with Gasteiger partial charge in [-0.05, 0) is 30.5 Å². The van der Waals surface area contributed by atoms with Crippen LogP contribution in [0.1, 0.15) is 37.7 Å². The molecule has 1 aliphatic rings. The largest absolute Gasteiger partial charge is 0.489 e. The molecule has 0 aliphatic heterocycles. The number of amides is 1. The first-order valence-corrected chi connectivity index (χ1v) is 7.64. The summed E-state index contributed by atoms with van der Waals surface area (Å²) in [5.74, 6) is 0.360. The van der Waals surface area contributed by atoms with Gasteiger partial charge in [0.05, 0.1) is 11.7 Å². The predicted molar refractivity (Wildman–Crippen MR) is 91.4 cm³/mol. The fraction of sp³-hybridized carbons (Fsp3) is 0.471. The van der Waals surface area contributed by atoms with Crippen LogP contribution in [0.4, 0.5) is 4.39 Å². The molecule has 0 heterocycles. The van der Waals surface area contributed by atoms with Crippen molar-refractivity contribution in [1.82, 2.24) is 0 Å². The van der Waals surface area contributed by atoms with Gasteiger partial charge in [-0.25, -0.2) is 4.39 Å². The molecule has 2 rings (SSSR count). The first-order valence-electron chi connectivity index (χ1n) is 7.64. The number of benzene rings is 1. The van der Waals surface area contributed by atoms with E-state index in [-0.39, 0.29) is 31.5 Å². The van der Waals surface area contributed by atoms with Crippen LogP contribution >= 0.6 is 12.4 Å². The van der Waals surface area contributed by atoms with E-state index in [4.69, 9.17) is 16.2 Å². The van der Waals surface area contributed by atoms with Crippen LogP contribution in [-0.4, -0.2) is 19.1 Å². The molecule has 0 aromatic heterocycles. The van der Waals surface area contributed by atoms with Gasteiger partial charge < -0.3 is 16.2 Å². The van der Waals surface area contributed by atoms with Crippen LogP contribution in [0.15, 0.2) is 36.2 Å². The van der Waals surface area contributed by atoms with Crippen molar-refractivity contribution in [3.63, 3.8) is 0 Å². The van der Waals surface area contributed by atoms with Crippen molar-refractivity contribution in [2.24, 2.45) is 11.5 Å². The van der Waals surface area contributed by atoms with Crippen LogP contribution in [0.5, 0.6) is 5.75 Å². The lowest BCUT2D eigenvalue weighted by Gasteiger charge is -2.34. The van der Waals surface area contributed by atoms with Gasteiger partial charge in [-0.3, -0.25) is 4.79 Å². The minimum Gasteiger partial charge on any atom is -0.489 e. The van der Waals surface area contributed by atoms with E-state index >= 15 is 0 Å². The van der Waals surface area contributed by atoms with Crippen LogP contribution < -0.4 is 16.2 Å². The van der Waals surface area contributed by atoms with Crippen LogP contribution in [0.25, 0.3) is 0 Å². The van der Waals surface area contributed by atoms with Gasteiger partial charge in [0.1, 0.15) is 12.4 Å². The lowest BCUT2D eigenvalue weighted by molar-refractivity contribution is -0.124. The average Bonchev–Trinajstić information content (AvgIpc) is 2.57. The number of nitrogens with two attached hydrogens (primary N) is 2. The van der Waals surface area contributed by atoms with E-state index in [2.05, 4.69) is 0 Å². The second-order valence-corrected chi connectivity index (χ2v) is 5.79. The third-order valence-corrected chi connectivity index (χ3v) is 4.43. The number of rotatable bonds is 6. The molecule has 4 N–H and O–H groups in total. The molecule has 1 amide bonds. The Kier molecular flexibility index (Phi) is 7.52. The Morgan fingerprint density at radius 1 is 1.22 bits per heavy atom. The highest BCUT2D eigenvalue weighted by Crippen LogP contribution is 2.39. The third-order valence-electron chi connectivity index (χ3n) is 4.43. The van der Waals surface area contributed by atoms with Gasteiger partial charge >= 0.3 is 0 Å². The maximum atomic E-state index is 12.4. The highest BCUT2D eigenvalue weighted by atomic mass is 35.5. The molecule has 1 aromatic rings. The molecule has 0 saturated heterocycles. The summed E-state index contributed by atoms with van der Waals surface area (Å²) in [7, 11) is 0. The fourth-order valence-corrected chi connectivity index (χ4v) is 3.01. The van der Waals surface area contributed by atoms with Crippen molar-refractivity contribution in [3.8, 4) is 5.75 Å². The Morgan fingerprint density at radius 2 is 1.83 bits per heavy atom. The Bertz CT molecular complexity index is 540. The smallest absolute Gasteiger partial charge is 0.228 e. The molecule has 6 heteroatoms. The molecule has 1 aromatic carbocycles. The molecule has 0 spiro atoms. The van der Waals surface area contributed by atoms with Crippen LogP contribution in [0.3, 0.4) is 0 Å². The second-order valence-electron chi connectivity index (χ2n) is 5.79. The van der Waals surface area contributed by atoms with Gasteiger partial charge in [0, 0.05) is 12.1 Å². The van der Waals surface area contributed by atoms with Crippen LogP contribution in [-0.2, 0) is 10.2 Å². The highest BCUT2D eigenvalue weighted by Gasteiger charge is 2.39. The van der Waals surface area contributed by atoms with Crippen LogP contribution in [0, 0.1) is 0 Å². The Hall–Kier alpha value is -1.59. The summed E-state index contributed by atoms with van der Waals surface area (Å²) in [5, 5.41) is 0. The molecule has 0 bridgehead atoms. The zero-order chi connectivity index (χ0) is 16.0. The van der Waals surface area contributed by atoms with E-state index in [1.807, 2.05) is 12.1 Å². The minimum atomic E-state index is -0.557. The maximum absolute atomic E-state index is 12.4. The molecule has 4 nitrogen and oxygen atoms in total. The number of carbonyl (C=O) groups is 1. The molecule has 128 valence electrons. The quantitative estimate of drug-likeness (QED) is 0.834. The van der Waals surface area contributed by atoms with Crippen molar-refractivity contribution in [1.29, 1.82) is 0 Å². The zero-order valence-electron chi connectivity index (χ0n) is 13.1. The first kappa shape index (κ1) is 19.5. The minimum absolute atomic E-state index is 0. The normalized spacial score (nSPS) is 17.2. The second kappa shape index (κ2) is 8.89. The SMILES string of the molecule is Cl.NCC(=CF)COc1ccc(C2(C(N)=O)CCCCC2)cc1. The van der Waals surface area contributed by atoms with Crippen molar-refractivity contribution >= 4 is 18.3 Å². The van der Waals surface area contributed by atoms with Gasteiger partial charge in [0.15, 0.2) is 0 Å². The molecule has 1 fully saturated rings. The van der Waals surface area contributed by atoms with E-state index in [1.165, 1.54) is 0 Å². The number of halogens is 2. The summed E-state index contributed by atoms with van der Waals surface area (Å²) < 4.78 is 17.9. The average molecular weight is 343 g/mol. The molecule has 0 unspecified atom stereocenters. The molecule has 0 radical (unpaired) electrons. The summed E-state index contributed by atoms with van der Waals surface area (Å²) in [6, 6.07) is 7.35. The van der Waals surface area contributed by atoms with Crippen molar-refractivity contribution in [3.05, 3.63) is 41.7 Å². The Labute approximate surface area is 142 Å². The number of primary amides is 1. The van der Waals surface area contributed by atoms with Crippen molar-refractivity contribution in [2.75, 3.05) is 13.2 Å². The summed E-state index contributed by atoms with van der Waals surface area (Å²) in [5.41, 5.74) is 11.8. The summed E-state index contributed by atoms with van der Waals surface area (Å²) in [6.45, 7) is 0.243. The fourth-order valence-electron chi connectivity index (χ4n) is 3.01. The van der Waals surface area contributed by atoms with Gasteiger partial charge in [-0.15, -0.1) is 12.4 Å². The van der Waals surface area contributed by atoms with E-state index < -0.39 is 5.41 Å². The predicted octanol–water partition coefficient (Wildman–Crippen LogP) is 2.99. The molecule has 0 atom stereocenters. The van der Waals surface area contributed by atoms with Gasteiger partial charge in [-0.1, -0.05) is 31.4 Å². The van der Waals surface area contributed by atoms with E-state index in [0.717, 1.165) is 37.7 Å². The molecule has 23 heavy (non-hydrogen) atoms. The number of ether oxygens (including phenoxy) is 1. The zero-order valence-corrected chi connectivity index (χ0v) is 13.9. The van der Waals surface area contributed by atoms with Gasteiger partial charge in [-0.2, -0.15) is 0 Å². The summed E-state index contributed by atoms with van der Waals surface area (Å²) in [6.07, 6.45) is 5.24. The van der Waals surface area contributed by atoms with E-state index in [1.54, 1.807) is 12.1 Å². The molecular weight excluding hydrogens is 319 g/mol. The number of hydrogen-bond acceptors (Lipinski definition) is 3. The Morgan fingerprint density at radius 3 is 2.30 bits per heavy atom. The molecule has 1 aliphatic carbocycles. The maximum Gasteiger partial charge on any atom is 0.228 e. The lowest BCUT2D eigenvalue weighted by Crippen LogP contribution is -2.42. The lowest BCUT2D eigenvalue weighted by atomic mass is 9.69. The highest BCUT2D eigenvalue weighted by molar-refractivity contribution is 5.86. The summed E-state index contributed by atoms with van der Waals surface area (Å²) >= 11 is 0. The third kappa shape index (κ3) is 4.45. The van der Waals surface area contributed by atoms with E-state index in [0.29, 0.717) is 17.7 Å². The van der Waals surface area contributed by atoms with Crippen LogP contribution in [0.2, 0.25) is 0 Å². The first-order chi connectivity index (χ1) is 10.6. The molecular formula is C17H24ClFN2O2. The number of carbonyl (C=O) groups excluding carboxylic acids is 1. The standard InChI is InChI=1S/C17H23FN2O2.ClH/c18-10-13(11-19)12-22-15-6-4-14(5-7-15)17(16(20)21)8-2-1-3-9-17;/h4-7,10H,1-3,8-9,11-12,19H2,(H2,20,21);1H. The van der Waals surface area contributed by atoms with Gasteiger partial charge in [0.2, 0.25) is 5.91 Å². The van der Waals surface area contributed by atoms with Gasteiger partial charge in [0.25, 0.3) is 0 Å². The number of hydrogen-bond donors (Lipinski definition) is 2. The summed E-state index contributed by atoms with van der Waals surface area (Å²) in [4.78, 5) is 12.0. The van der Waals surface area contributed by atoms with Crippen molar-refractivity contribution < 1.29 is 13.9 Å².